The first kappa shape index (κ1) is 30.1. The van der Waals surface area contributed by atoms with Crippen LogP contribution in [0, 0.1) is 5.82 Å². The summed E-state index contributed by atoms with van der Waals surface area (Å²) in [6.07, 6.45) is 0. The third kappa shape index (κ3) is 4.63. The van der Waals surface area contributed by atoms with Crippen LogP contribution in [0.2, 0.25) is 0 Å². The molecule has 246 valence electrons. The van der Waals surface area contributed by atoms with E-state index in [4.69, 9.17) is 4.42 Å². The highest BCUT2D eigenvalue weighted by Gasteiger charge is 2.47. The van der Waals surface area contributed by atoms with E-state index >= 15 is 4.39 Å². The smallest absolute Gasteiger partial charge is 0.135 e. The average Bonchev–Trinajstić information content (AvgIpc) is 3.59. The molecule has 0 fully saturated rings. The Bertz CT molecular complexity index is 2700. The van der Waals surface area contributed by atoms with Gasteiger partial charge in [0.25, 0.3) is 0 Å². The molecule has 2 heterocycles. The van der Waals surface area contributed by atoms with Crippen molar-refractivity contribution in [1.29, 1.82) is 0 Å². The normalized spacial score (nSPS) is 13.2. The molecule has 0 saturated carbocycles. The predicted molar refractivity (Wildman–Crippen MR) is 211 cm³/mol. The molecule has 0 bridgehead atoms. The number of nitrogens with zero attached hydrogens (tertiary/aromatic N) is 1. The molecule has 1 aliphatic rings. The Morgan fingerprint density at radius 2 is 0.923 bits per heavy atom. The maximum absolute atomic E-state index is 15.8. The van der Waals surface area contributed by atoms with Gasteiger partial charge in [0.05, 0.1) is 16.8 Å². The van der Waals surface area contributed by atoms with Crippen molar-refractivity contribution >= 4 is 39.0 Å². The second-order valence-corrected chi connectivity index (χ2v) is 13.4. The summed E-state index contributed by atoms with van der Waals surface area (Å²) in [7, 11) is 0. The summed E-state index contributed by atoms with van der Waals surface area (Å²) >= 11 is 0. The van der Waals surface area contributed by atoms with Gasteiger partial charge in [-0.3, -0.25) is 0 Å². The molecular weight excluding hydrogens is 638 g/mol. The molecule has 1 aromatic heterocycles. The van der Waals surface area contributed by atoms with Crippen molar-refractivity contribution in [2.24, 2.45) is 0 Å². The van der Waals surface area contributed by atoms with Crippen molar-refractivity contribution in [1.82, 2.24) is 0 Å². The van der Waals surface area contributed by atoms with Crippen LogP contribution in [0.15, 0.2) is 199 Å². The van der Waals surface area contributed by atoms with Crippen LogP contribution in [0.4, 0.5) is 21.5 Å². The van der Waals surface area contributed by atoms with Crippen molar-refractivity contribution in [3.8, 4) is 22.3 Å². The lowest BCUT2D eigenvalue weighted by atomic mass is 9.62. The summed E-state index contributed by atoms with van der Waals surface area (Å²) in [6, 6.07) is 66.8. The number of para-hydroxylation sites is 1. The Morgan fingerprint density at radius 1 is 0.404 bits per heavy atom. The van der Waals surface area contributed by atoms with E-state index in [1.807, 2.05) is 36.4 Å². The minimum Gasteiger partial charge on any atom is -0.456 e. The molecule has 0 spiro atoms. The maximum Gasteiger partial charge on any atom is 0.135 e. The highest BCUT2D eigenvalue weighted by atomic mass is 19.1. The number of anilines is 3. The first-order chi connectivity index (χ1) is 25.7. The largest absolute Gasteiger partial charge is 0.456 e. The number of rotatable bonds is 5. The van der Waals surface area contributed by atoms with Crippen molar-refractivity contribution in [3.63, 3.8) is 0 Å². The van der Waals surface area contributed by atoms with Gasteiger partial charge in [-0.25, -0.2) is 4.39 Å². The molecule has 8 aromatic carbocycles. The van der Waals surface area contributed by atoms with E-state index in [2.05, 4.69) is 150 Å². The summed E-state index contributed by atoms with van der Waals surface area (Å²) in [6.45, 7) is 0. The first-order valence-electron chi connectivity index (χ1n) is 17.6. The third-order valence-corrected chi connectivity index (χ3v) is 10.6. The lowest BCUT2D eigenvalue weighted by Crippen LogP contribution is -2.38. The maximum atomic E-state index is 15.8. The molecule has 0 aliphatic carbocycles. The number of furan rings is 1. The first-order valence-corrected chi connectivity index (χ1v) is 17.6. The molecule has 0 N–H and O–H groups in total. The number of benzene rings is 8. The molecule has 10 rings (SSSR count). The number of hydrogen-bond donors (Lipinski definition) is 0. The van der Waals surface area contributed by atoms with Crippen molar-refractivity contribution in [3.05, 3.63) is 222 Å². The predicted octanol–water partition coefficient (Wildman–Crippen LogP) is 13.2. The molecule has 0 saturated heterocycles. The summed E-state index contributed by atoms with van der Waals surface area (Å²) < 4.78 is 22.0. The zero-order chi connectivity index (χ0) is 34.6. The molecule has 9 aromatic rings. The Labute approximate surface area is 301 Å². The fourth-order valence-electron chi connectivity index (χ4n) is 8.27. The molecule has 0 unspecified atom stereocenters. The Morgan fingerprint density at radius 3 is 1.63 bits per heavy atom. The van der Waals surface area contributed by atoms with Gasteiger partial charge in [-0.1, -0.05) is 133 Å². The summed E-state index contributed by atoms with van der Waals surface area (Å²) in [5.41, 5.74) is 12.5. The van der Waals surface area contributed by atoms with Crippen LogP contribution >= 0.6 is 0 Å². The molecule has 0 radical (unpaired) electrons. The van der Waals surface area contributed by atoms with E-state index in [0.29, 0.717) is 0 Å². The summed E-state index contributed by atoms with van der Waals surface area (Å²) in [5.74, 6) is -0.272. The van der Waals surface area contributed by atoms with Crippen LogP contribution in [-0.2, 0) is 5.41 Å². The van der Waals surface area contributed by atoms with Crippen molar-refractivity contribution in [2.45, 2.75) is 5.41 Å². The van der Waals surface area contributed by atoms with Crippen LogP contribution in [0.3, 0.4) is 0 Å². The lowest BCUT2D eigenvalue weighted by molar-refractivity contribution is 0.618. The van der Waals surface area contributed by atoms with E-state index in [9.17, 15) is 0 Å². The van der Waals surface area contributed by atoms with Gasteiger partial charge in [0, 0.05) is 16.5 Å². The number of fused-ring (bicyclic) bond motifs is 5. The summed E-state index contributed by atoms with van der Waals surface area (Å²) in [5, 5.41) is 2.17. The Kier molecular flexibility index (Phi) is 6.94. The Hall–Kier alpha value is -6.71. The molecular formula is C49H32FNO. The van der Waals surface area contributed by atoms with Crippen LogP contribution in [-0.4, -0.2) is 0 Å². The van der Waals surface area contributed by atoms with Crippen LogP contribution < -0.4 is 4.90 Å². The zero-order valence-electron chi connectivity index (χ0n) is 28.2. The van der Waals surface area contributed by atoms with E-state index in [1.165, 1.54) is 0 Å². The van der Waals surface area contributed by atoms with Gasteiger partial charge in [0.1, 0.15) is 17.0 Å². The second-order valence-electron chi connectivity index (χ2n) is 13.4. The standard InChI is InChI=1S/C49H32FNO/c50-39-24-28-46-44(32-39)49(37-14-6-2-7-15-37,38-16-8-3-9-17-38)43-31-36(35-23-29-48-42(30-35)41-18-10-11-19-47(41)52-48)22-27-45(43)51(46)40-25-20-34(21-26-40)33-12-4-1-5-13-33/h1-32H. The fraction of sp³-hybridized carbons (Fsp3) is 0.0204. The van der Waals surface area contributed by atoms with E-state index < -0.39 is 5.41 Å². The molecule has 0 amide bonds. The van der Waals surface area contributed by atoms with Gasteiger partial charge in [-0.05, 0) is 105 Å². The minimum absolute atomic E-state index is 0.272. The van der Waals surface area contributed by atoms with Crippen LogP contribution in [0.25, 0.3) is 44.2 Å². The van der Waals surface area contributed by atoms with Gasteiger partial charge in [0.2, 0.25) is 0 Å². The molecule has 3 heteroatoms. The lowest BCUT2D eigenvalue weighted by Gasteiger charge is -2.46. The molecule has 52 heavy (non-hydrogen) atoms. The van der Waals surface area contributed by atoms with E-state index in [-0.39, 0.29) is 5.82 Å². The fourth-order valence-corrected chi connectivity index (χ4v) is 8.27. The molecule has 2 nitrogen and oxygen atoms in total. The van der Waals surface area contributed by atoms with Gasteiger partial charge < -0.3 is 9.32 Å². The Balaban J connectivity index is 1.26. The number of hydrogen-bond acceptors (Lipinski definition) is 2. The van der Waals surface area contributed by atoms with Gasteiger partial charge >= 0.3 is 0 Å². The van der Waals surface area contributed by atoms with Gasteiger partial charge in [0.15, 0.2) is 0 Å². The van der Waals surface area contributed by atoms with Crippen molar-refractivity contribution in [2.75, 3.05) is 4.90 Å². The van der Waals surface area contributed by atoms with Crippen molar-refractivity contribution < 1.29 is 8.81 Å². The average molecular weight is 670 g/mol. The second kappa shape index (κ2) is 12.0. The third-order valence-electron chi connectivity index (χ3n) is 10.6. The van der Waals surface area contributed by atoms with E-state index in [0.717, 1.165) is 83.5 Å². The van der Waals surface area contributed by atoms with E-state index in [1.54, 1.807) is 12.1 Å². The number of halogens is 1. The summed E-state index contributed by atoms with van der Waals surface area (Å²) in [4.78, 5) is 2.29. The highest BCUT2D eigenvalue weighted by molar-refractivity contribution is 6.06. The zero-order valence-corrected chi connectivity index (χ0v) is 28.2. The molecule has 0 atom stereocenters. The SMILES string of the molecule is Fc1ccc2c(c1)C(c1ccccc1)(c1ccccc1)c1cc(-c3ccc4oc5ccccc5c4c3)ccc1N2c1ccc(-c2ccccc2)cc1. The highest BCUT2D eigenvalue weighted by Crippen LogP contribution is 2.58. The minimum atomic E-state index is -0.821. The molecule has 1 aliphatic heterocycles. The quantitative estimate of drug-likeness (QED) is 0.181. The topological polar surface area (TPSA) is 16.4 Å². The van der Waals surface area contributed by atoms with Gasteiger partial charge in [-0.15, -0.1) is 0 Å². The monoisotopic (exact) mass is 669 g/mol. The van der Waals surface area contributed by atoms with Crippen LogP contribution in [0.5, 0.6) is 0 Å². The van der Waals surface area contributed by atoms with Gasteiger partial charge in [-0.2, -0.15) is 0 Å². The van der Waals surface area contributed by atoms with Crippen LogP contribution in [0.1, 0.15) is 22.3 Å².